The molecule has 1 aromatic heterocycles. The zero-order valence-electron chi connectivity index (χ0n) is 15.1. The first-order valence-corrected chi connectivity index (χ1v) is 11.1. The van der Waals surface area contributed by atoms with Gasteiger partial charge < -0.3 is 4.74 Å². The highest BCUT2D eigenvalue weighted by molar-refractivity contribution is 7.89. The lowest BCUT2D eigenvalue weighted by molar-refractivity contribution is 0.102. The molecular weight excluding hydrogens is 403 g/mol. The van der Waals surface area contributed by atoms with Crippen molar-refractivity contribution < 1.29 is 22.3 Å². The van der Waals surface area contributed by atoms with Gasteiger partial charge in [0, 0.05) is 22.8 Å². The summed E-state index contributed by atoms with van der Waals surface area (Å²) in [6, 6.07) is 10.8. The Kier molecular flexibility index (Phi) is 5.76. The minimum atomic E-state index is -3.13. The number of carbonyl (C=O) groups excluding carboxylic acids is 1. The van der Waals surface area contributed by atoms with Gasteiger partial charge in [0.2, 0.25) is 0 Å². The average Bonchev–Trinajstić information content (AvgIpc) is 3.09. The Balaban J connectivity index is 1.71. The fourth-order valence-electron chi connectivity index (χ4n) is 2.51. The second kappa shape index (κ2) is 8.07. The van der Waals surface area contributed by atoms with Crippen molar-refractivity contribution in [2.75, 3.05) is 18.7 Å². The molecule has 3 aromatic rings. The van der Waals surface area contributed by atoms with Crippen LogP contribution in [0.15, 0.2) is 47.8 Å². The number of aromatic nitrogens is 1. The first-order valence-electron chi connectivity index (χ1n) is 8.12. The molecule has 1 heterocycles. The number of nitrogens with zero attached hydrogens (tertiary/aromatic N) is 1. The van der Waals surface area contributed by atoms with Crippen molar-refractivity contribution in [1.29, 1.82) is 0 Å². The number of amides is 1. The molecule has 2 aromatic carbocycles. The highest BCUT2D eigenvalue weighted by Gasteiger charge is 2.12. The smallest absolute Gasteiger partial charge is 0.257 e. The molecule has 1 amide bonds. The molecule has 0 radical (unpaired) electrons. The van der Waals surface area contributed by atoms with Crippen LogP contribution < -0.4 is 10.1 Å². The van der Waals surface area contributed by atoms with Crippen LogP contribution in [0.3, 0.4) is 0 Å². The Labute approximate surface area is 165 Å². The molecule has 6 nitrogen and oxygen atoms in total. The molecule has 0 aliphatic heterocycles. The number of thiazole rings is 1. The summed E-state index contributed by atoms with van der Waals surface area (Å²) in [7, 11) is -1.74. The van der Waals surface area contributed by atoms with Gasteiger partial charge >= 0.3 is 0 Å². The Morgan fingerprint density at radius 1 is 1.21 bits per heavy atom. The number of hydrogen-bond donors (Lipinski definition) is 1. The third-order valence-electron chi connectivity index (χ3n) is 3.82. The van der Waals surface area contributed by atoms with Crippen molar-refractivity contribution >= 4 is 32.2 Å². The van der Waals surface area contributed by atoms with Crippen LogP contribution in [0.4, 0.5) is 9.52 Å². The highest BCUT2D eigenvalue weighted by atomic mass is 32.2. The predicted octanol–water partition coefficient (Wildman–Crippen LogP) is 3.75. The van der Waals surface area contributed by atoms with Gasteiger partial charge in [0.15, 0.2) is 26.5 Å². The molecule has 3 rings (SSSR count). The lowest BCUT2D eigenvalue weighted by Gasteiger charge is -2.04. The molecule has 1 N–H and O–H groups in total. The van der Waals surface area contributed by atoms with Crippen LogP contribution in [-0.4, -0.2) is 32.7 Å². The quantitative estimate of drug-likeness (QED) is 0.656. The molecule has 0 atom stereocenters. The number of hydrogen-bond acceptors (Lipinski definition) is 6. The van der Waals surface area contributed by atoms with Gasteiger partial charge in [0.05, 0.1) is 18.6 Å². The maximum Gasteiger partial charge on any atom is 0.257 e. The minimum absolute atomic E-state index is 0.0802. The molecule has 0 spiro atoms. The van der Waals surface area contributed by atoms with Gasteiger partial charge in [-0.1, -0.05) is 12.1 Å². The van der Waals surface area contributed by atoms with E-state index in [1.54, 1.807) is 35.7 Å². The number of benzene rings is 2. The molecular formula is C19H17FN2O4S2. The normalized spacial score (nSPS) is 11.2. The molecule has 28 heavy (non-hydrogen) atoms. The minimum Gasteiger partial charge on any atom is -0.494 e. The zero-order valence-corrected chi connectivity index (χ0v) is 16.7. The fourth-order valence-corrected chi connectivity index (χ4v) is 4.03. The number of carbonyl (C=O) groups is 1. The maximum atomic E-state index is 13.9. The van der Waals surface area contributed by atoms with Gasteiger partial charge in [0.1, 0.15) is 0 Å². The monoisotopic (exact) mass is 420 g/mol. The highest BCUT2D eigenvalue weighted by Crippen LogP contribution is 2.28. The van der Waals surface area contributed by atoms with Crippen molar-refractivity contribution in [3.63, 3.8) is 0 Å². The van der Waals surface area contributed by atoms with Gasteiger partial charge in [-0.15, -0.1) is 11.3 Å². The summed E-state index contributed by atoms with van der Waals surface area (Å²) >= 11 is 1.22. The molecule has 0 fully saturated rings. The summed E-state index contributed by atoms with van der Waals surface area (Å²) < 4.78 is 41.4. The topological polar surface area (TPSA) is 85.4 Å². The Morgan fingerprint density at radius 2 is 1.93 bits per heavy atom. The van der Waals surface area contributed by atoms with Gasteiger partial charge in [-0.25, -0.2) is 17.8 Å². The first kappa shape index (κ1) is 20.0. The molecule has 0 saturated heterocycles. The van der Waals surface area contributed by atoms with E-state index >= 15 is 0 Å². The summed E-state index contributed by atoms with van der Waals surface area (Å²) in [4.78, 5) is 16.7. The summed E-state index contributed by atoms with van der Waals surface area (Å²) in [6.45, 7) is 0. The van der Waals surface area contributed by atoms with Crippen LogP contribution in [0, 0.1) is 5.82 Å². The van der Waals surface area contributed by atoms with Crippen LogP contribution in [0.5, 0.6) is 5.75 Å². The summed E-state index contributed by atoms with van der Waals surface area (Å²) in [5.41, 5.74) is 2.09. The summed E-state index contributed by atoms with van der Waals surface area (Å²) in [6.07, 6.45) is 1.16. The number of ether oxygens (including phenoxy) is 1. The molecule has 0 aliphatic carbocycles. The third kappa shape index (κ3) is 4.93. The zero-order chi connectivity index (χ0) is 20.3. The van der Waals surface area contributed by atoms with E-state index in [1.165, 1.54) is 30.6 Å². The van der Waals surface area contributed by atoms with E-state index in [-0.39, 0.29) is 17.4 Å². The van der Waals surface area contributed by atoms with Gasteiger partial charge in [-0.05, 0) is 35.9 Å². The molecule has 9 heteroatoms. The second-order valence-corrected chi connectivity index (χ2v) is 9.11. The summed E-state index contributed by atoms with van der Waals surface area (Å²) in [5, 5.41) is 4.77. The third-order valence-corrected chi connectivity index (χ3v) is 5.43. The predicted molar refractivity (Wildman–Crippen MR) is 107 cm³/mol. The van der Waals surface area contributed by atoms with E-state index in [2.05, 4.69) is 10.3 Å². The number of rotatable bonds is 6. The maximum absolute atomic E-state index is 13.9. The standard InChI is InChI=1S/C19H17FN2O4S2/c1-26-17-8-7-14(9-15(17)20)16-10-27-19(21-16)22-18(23)13-5-3-12(4-6-13)11-28(2,24)25/h3-10H,11H2,1-2H3,(H,21,22,23). The number of sulfone groups is 1. The SMILES string of the molecule is COc1ccc(-c2csc(NC(=O)c3ccc(CS(C)(=O)=O)cc3)n2)cc1F. The largest absolute Gasteiger partial charge is 0.494 e. The number of anilines is 1. The van der Waals surface area contributed by atoms with Crippen molar-refractivity contribution in [2.24, 2.45) is 0 Å². The molecule has 0 aliphatic rings. The molecule has 0 unspecified atom stereocenters. The number of methoxy groups -OCH3 is 1. The van der Waals surface area contributed by atoms with E-state index in [4.69, 9.17) is 4.74 Å². The lowest BCUT2D eigenvalue weighted by Crippen LogP contribution is -2.11. The van der Waals surface area contributed by atoms with Gasteiger partial charge in [-0.2, -0.15) is 0 Å². The molecule has 0 saturated carbocycles. The average molecular weight is 420 g/mol. The van der Waals surface area contributed by atoms with Gasteiger partial charge in [-0.3, -0.25) is 10.1 Å². The van der Waals surface area contributed by atoms with Crippen molar-refractivity contribution in [2.45, 2.75) is 5.75 Å². The van der Waals surface area contributed by atoms with Crippen molar-refractivity contribution in [3.8, 4) is 17.0 Å². The van der Waals surface area contributed by atoms with E-state index in [0.29, 0.717) is 27.5 Å². The number of nitrogens with one attached hydrogen (secondary N) is 1. The van der Waals surface area contributed by atoms with Crippen LogP contribution in [0.25, 0.3) is 11.3 Å². The van der Waals surface area contributed by atoms with E-state index in [0.717, 1.165) is 6.26 Å². The molecule has 0 bridgehead atoms. The fraction of sp³-hybridized carbons (Fsp3) is 0.158. The second-order valence-electron chi connectivity index (χ2n) is 6.11. The first-order chi connectivity index (χ1) is 13.2. The van der Waals surface area contributed by atoms with E-state index in [1.807, 2.05) is 0 Å². The van der Waals surface area contributed by atoms with Crippen LogP contribution in [0.2, 0.25) is 0 Å². The van der Waals surface area contributed by atoms with Crippen LogP contribution >= 0.6 is 11.3 Å². The summed E-state index contributed by atoms with van der Waals surface area (Å²) in [5.74, 6) is -0.796. The van der Waals surface area contributed by atoms with Crippen molar-refractivity contribution in [1.82, 2.24) is 4.98 Å². The number of halogens is 1. The lowest BCUT2D eigenvalue weighted by atomic mass is 10.1. The Hall–Kier alpha value is -2.78. The Bertz CT molecular complexity index is 1110. The van der Waals surface area contributed by atoms with E-state index < -0.39 is 15.7 Å². The van der Waals surface area contributed by atoms with E-state index in [9.17, 15) is 17.6 Å². The van der Waals surface area contributed by atoms with Crippen LogP contribution in [-0.2, 0) is 15.6 Å². The van der Waals surface area contributed by atoms with Gasteiger partial charge in [0.25, 0.3) is 5.91 Å². The molecule has 146 valence electrons. The Morgan fingerprint density at radius 3 is 2.54 bits per heavy atom. The van der Waals surface area contributed by atoms with Crippen LogP contribution in [0.1, 0.15) is 15.9 Å². The van der Waals surface area contributed by atoms with Crippen molar-refractivity contribution in [3.05, 3.63) is 64.8 Å².